The summed E-state index contributed by atoms with van der Waals surface area (Å²) < 4.78 is 16.5. The third-order valence-electron chi connectivity index (χ3n) is 0.687. The van der Waals surface area contributed by atoms with Gasteiger partial charge >= 0.3 is 12.3 Å². The first-order chi connectivity index (χ1) is 5.20. The van der Waals surface area contributed by atoms with E-state index in [2.05, 4.69) is 18.9 Å². The highest BCUT2D eigenvalue weighted by Gasteiger charge is 2.03. The Hall–Kier alpha value is -1.46. The lowest BCUT2D eigenvalue weighted by atomic mass is 11.2. The SMILES string of the molecule is C.C.COC(=O)OCOC(=O)OC. The van der Waals surface area contributed by atoms with E-state index >= 15 is 0 Å². The van der Waals surface area contributed by atoms with Crippen LogP contribution in [0.3, 0.4) is 0 Å². The second-order valence-corrected chi connectivity index (χ2v) is 1.31. The summed E-state index contributed by atoms with van der Waals surface area (Å²) in [6, 6.07) is 0. The maximum absolute atomic E-state index is 10.2. The average Bonchev–Trinajstić information content (AvgIpc) is 2.04. The summed E-state index contributed by atoms with van der Waals surface area (Å²) in [4.78, 5) is 20.4. The number of ether oxygens (including phenoxy) is 4. The fourth-order valence-electron chi connectivity index (χ4n) is 0.244. The molecule has 0 aliphatic carbocycles. The van der Waals surface area contributed by atoms with Crippen molar-refractivity contribution < 1.29 is 28.5 Å². The number of hydrogen-bond donors (Lipinski definition) is 0. The minimum absolute atomic E-state index is 0. The molecule has 0 saturated heterocycles. The lowest BCUT2D eigenvalue weighted by molar-refractivity contribution is -0.0282. The van der Waals surface area contributed by atoms with Crippen LogP contribution in [0.15, 0.2) is 0 Å². The highest BCUT2D eigenvalue weighted by Crippen LogP contribution is 1.86. The molecular formula is C7H16O6. The lowest BCUT2D eigenvalue weighted by Crippen LogP contribution is -2.12. The van der Waals surface area contributed by atoms with E-state index in [0.717, 1.165) is 14.2 Å². The van der Waals surface area contributed by atoms with Crippen LogP contribution in [-0.2, 0) is 18.9 Å². The summed E-state index contributed by atoms with van der Waals surface area (Å²) in [7, 11) is 2.28. The summed E-state index contributed by atoms with van der Waals surface area (Å²) in [5, 5.41) is 0. The molecule has 0 radical (unpaired) electrons. The number of hydrogen-bond acceptors (Lipinski definition) is 6. The molecule has 0 saturated carbocycles. The Labute approximate surface area is 77.7 Å². The molecule has 13 heavy (non-hydrogen) atoms. The van der Waals surface area contributed by atoms with Crippen LogP contribution >= 0.6 is 0 Å². The smallest absolute Gasteiger partial charge is 0.438 e. The third kappa shape index (κ3) is 10.5. The Bertz CT molecular complexity index is 128. The van der Waals surface area contributed by atoms with Gasteiger partial charge in [-0.05, 0) is 0 Å². The summed E-state index contributed by atoms with van der Waals surface area (Å²) in [5.41, 5.74) is 0. The van der Waals surface area contributed by atoms with Crippen molar-refractivity contribution in [3.63, 3.8) is 0 Å². The van der Waals surface area contributed by atoms with E-state index in [1.807, 2.05) is 0 Å². The zero-order valence-electron chi connectivity index (χ0n) is 6.16. The molecule has 0 rings (SSSR count). The van der Waals surface area contributed by atoms with E-state index in [1.54, 1.807) is 0 Å². The molecule has 6 nitrogen and oxygen atoms in total. The second-order valence-electron chi connectivity index (χ2n) is 1.31. The van der Waals surface area contributed by atoms with Crippen molar-refractivity contribution in [3.05, 3.63) is 0 Å². The average molecular weight is 196 g/mol. The molecule has 0 amide bonds. The summed E-state index contributed by atoms with van der Waals surface area (Å²) in [6.45, 7) is -0.515. The maximum Gasteiger partial charge on any atom is 0.510 e. The number of methoxy groups -OCH3 is 2. The van der Waals surface area contributed by atoms with Crippen LogP contribution in [-0.4, -0.2) is 33.3 Å². The van der Waals surface area contributed by atoms with Crippen LogP contribution in [0, 0.1) is 0 Å². The molecule has 0 aliphatic rings. The summed E-state index contributed by atoms with van der Waals surface area (Å²) in [5.74, 6) is 0. The van der Waals surface area contributed by atoms with E-state index in [4.69, 9.17) is 0 Å². The Balaban J connectivity index is -0.000000500. The van der Waals surface area contributed by atoms with E-state index in [1.165, 1.54) is 0 Å². The number of rotatable bonds is 2. The molecule has 0 atom stereocenters. The Kier molecular flexibility index (Phi) is 14.3. The largest absolute Gasteiger partial charge is 0.510 e. The van der Waals surface area contributed by atoms with Crippen molar-refractivity contribution in [2.24, 2.45) is 0 Å². The fraction of sp³-hybridized carbons (Fsp3) is 0.714. The minimum atomic E-state index is -0.922. The standard InChI is InChI=1S/C5H8O6.2CH4/c1-8-4(6)10-3-11-5(7)9-2;;/h3H2,1-2H3;2*1H4. The van der Waals surface area contributed by atoms with Crippen LogP contribution in [0.4, 0.5) is 9.59 Å². The molecule has 0 bridgehead atoms. The van der Waals surface area contributed by atoms with Gasteiger partial charge in [0.15, 0.2) is 0 Å². The third-order valence-corrected chi connectivity index (χ3v) is 0.687. The van der Waals surface area contributed by atoms with Crippen molar-refractivity contribution in [1.29, 1.82) is 0 Å². The topological polar surface area (TPSA) is 71.1 Å². The van der Waals surface area contributed by atoms with Gasteiger partial charge in [-0.2, -0.15) is 0 Å². The molecule has 0 fully saturated rings. The molecule has 0 spiro atoms. The first-order valence-corrected chi connectivity index (χ1v) is 2.62. The van der Waals surface area contributed by atoms with E-state index in [9.17, 15) is 9.59 Å². The quantitative estimate of drug-likeness (QED) is 0.495. The van der Waals surface area contributed by atoms with Crippen LogP contribution < -0.4 is 0 Å². The van der Waals surface area contributed by atoms with E-state index in [0.29, 0.717) is 0 Å². The van der Waals surface area contributed by atoms with Crippen molar-refractivity contribution in [2.75, 3.05) is 21.0 Å². The van der Waals surface area contributed by atoms with Gasteiger partial charge in [0.05, 0.1) is 14.2 Å². The van der Waals surface area contributed by atoms with Crippen LogP contribution in [0.25, 0.3) is 0 Å². The zero-order valence-corrected chi connectivity index (χ0v) is 6.16. The van der Waals surface area contributed by atoms with Crippen LogP contribution in [0.1, 0.15) is 14.9 Å². The highest BCUT2D eigenvalue weighted by molar-refractivity contribution is 5.61. The summed E-state index contributed by atoms with van der Waals surface area (Å²) >= 11 is 0. The lowest BCUT2D eigenvalue weighted by Gasteiger charge is -2.02. The van der Waals surface area contributed by atoms with Gasteiger partial charge < -0.3 is 18.9 Å². The Morgan fingerprint density at radius 2 is 1.23 bits per heavy atom. The maximum atomic E-state index is 10.2. The molecule has 0 unspecified atom stereocenters. The number of carbonyl (C=O) groups excluding carboxylic acids is 2. The van der Waals surface area contributed by atoms with Crippen LogP contribution in [0.5, 0.6) is 0 Å². The molecule has 0 aromatic rings. The van der Waals surface area contributed by atoms with E-state index in [-0.39, 0.29) is 14.9 Å². The molecular weight excluding hydrogens is 180 g/mol. The van der Waals surface area contributed by atoms with Crippen molar-refractivity contribution in [3.8, 4) is 0 Å². The van der Waals surface area contributed by atoms with Crippen LogP contribution in [0.2, 0.25) is 0 Å². The molecule has 0 N–H and O–H groups in total. The molecule has 0 heterocycles. The normalized spacial score (nSPS) is 6.92. The second kappa shape index (κ2) is 10.5. The van der Waals surface area contributed by atoms with Gasteiger partial charge in [-0.15, -0.1) is 0 Å². The molecule has 80 valence electrons. The molecule has 6 heteroatoms. The van der Waals surface area contributed by atoms with Gasteiger partial charge in [0.2, 0.25) is 6.79 Å². The van der Waals surface area contributed by atoms with Gasteiger partial charge in [-0.25, -0.2) is 9.59 Å². The zero-order chi connectivity index (χ0) is 8.69. The minimum Gasteiger partial charge on any atom is -0.438 e. The van der Waals surface area contributed by atoms with Gasteiger partial charge in [-0.1, -0.05) is 14.9 Å². The van der Waals surface area contributed by atoms with Gasteiger partial charge in [-0.3, -0.25) is 0 Å². The van der Waals surface area contributed by atoms with Gasteiger partial charge in [0, 0.05) is 0 Å². The Morgan fingerprint density at radius 3 is 1.46 bits per heavy atom. The number of carbonyl (C=O) groups is 2. The monoisotopic (exact) mass is 196 g/mol. The Morgan fingerprint density at radius 1 is 0.923 bits per heavy atom. The van der Waals surface area contributed by atoms with Crippen molar-refractivity contribution >= 4 is 12.3 Å². The first kappa shape index (κ1) is 17.6. The molecule has 0 aromatic carbocycles. The van der Waals surface area contributed by atoms with Crippen molar-refractivity contribution in [1.82, 2.24) is 0 Å². The van der Waals surface area contributed by atoms with Gasteiger partial charge in [0.1, 0.15) is 0 Å². The first-order valence-electron chi connectivity index (χ1n) is 2.62. The van der Waals surface area contributed by atoms with E-state index < -0.39 is 19.1 Å². The van der Waals surface area contributed by atoms with Crippen molar-refractivity contribution in [2.45, 2.75) is 14.9 Å². The summed E-state index contributed by atoms with van der Waals surface area (Å²) in [6.07, 6.45) is -1.84. The predicted octanol–water partition coefficient (Wildman–Crippen LogP) is 1.78. The van der Waals surface area contributed by atoms with Gasteiger partial charge in [0.25, 0.3) is 0 Å². The predicted molar refractivity (Wildman–Crippen MR) is 45.3 cm³/mol. The molecule has 0 aliphatic heterocycles. The highest BCUT2D eigenvalue weighted by atomic mass is 16.8. The molecule has 0 aromatic heterocycles. The fourth-order valence-corrected chi connectivity index (χ4v) is 0.244.